The number of nitrogens with zero attached hydrogens (tertiary/aromatic N) is 3. The molecule has 28 heavy (non-hydrogen) atoms. The molecule has 9 nitrogen and oxygen atoms in total. The predicted octanol–water partition coefficient (Wildman–Crippen LogP) is 0.140. The van der Waals surface area contributed by atoms with Crippen molar-refractivity contribution in [3.63, 3.8) is 0 Å². The highest BCUT2D eigenvalue weighted by molar-refractivity contribution is 6.58. The van der Waals surface area contributed by atoms with Crippen LogP contribution in [-0.2, 0) is 0 Å². The van der Waals surface area contributed by atoms with Crippen LogP contribution >= 0.6 is 0 Å². The summed E-state index contributed by atoms with van der Waals surface area (Å²) in [7, 11) is -1.69. The summed E-state index contributed by atoms with van der Waals surface area (Å²) in [6.07, 6.45) is 1.22. The third kappa shape index (κ3) is 4.07. The van der Waals surface area contributed by atoms with Crippen molar-refractivity contribution in [1.29, 1.82) is 5.26 Å². The Kier molecular flexibility index (Phi) is 5.50. The molecule has 10 heteroatoms. The molecule has 138 valence electrons. The van der Waals surface area contributed by atoms with Gasteiger partial charge in [0.05, 0.1) is 11.9 Å². The molecule has 0 unspecified atom stereocenters. The highest BCUT2D eigenvalue weighted by Gasteiger charge is 2.14. The molecule has 1 aromatic heterocycles. The van der Waals surface area contributed by atoms with Gasteiger partial charge in [-0.15, -0.1) is 0 Å². The minimum atomic E-state index is -1.69. The number of phenolic OH excluding ortho intramolecular Hbond substituents is 1. The minimum Gasteiger partial charge on any atom is -0.507 e. The summed E-state index contributed by atoms with van der Waals surface area (Å²) in [5.74, 6) is -0.127. The molecule has 2 aromatic carbocycles. The molecule has 0 atom stereocenters. The maximum atomic E-state index is 12.2. The van der Waals surface area contributed by atoms with Gasteiger partial charge in [-0.05, 0) is 17.6 Å². The lowest BCUT2D eigenvalue weighted by Gasteiger charge is -2.06. The molecule has 0 spiro atoms. The Morgan fingerprint density at radius 2 is 1.96 bits per heavy atom. The number of H-pyrrole nitrogens is 1. The number of phenols is 1. The van der Waals surface area contributed by atoms with Gasteiger partial charge in [-0.2, -0.15) is 10.4 Å². The first-order chi connectivity index (χ1) is 13.5. The molecule has 0 amide bonds. The van der Waals surface area contributed by atoms with E-state index in [1.165, 1.54) is 24.4 Å². The number of hydrogen-bond donors (Lipinski definition) is 5. The first kappa shape index (κ1) is 18.8. The third-order valence-corrected chi connectivity index (χ3v) is 3.80. The highest BCUT2D eigenvalue weighted by Crippen LogP contribution is 2.19. The summed E-state index contributed by atoms with van der Waals surface area (Å²) in [4.78, 5) is 18.8. The van der Waals surface area contributed by atoms with Crippen LogP contribution in [0, 0.1) is 11.3 Å². The summed E-state index contributed by atoms with van der Waals surface area (Å²) in [6.45, 7) is 0. The lowest BCUT2D eigenvalue weighted by atomic mass is 9.79. The molecule has 0 saturated heterocycles. The van der Waals surface area contributed by atoms with Gasteiger partial charge in [-0.1, -0.05) is 36.4 Å². The second-order valence-electron chi connectivity index (χ2n) is 5.68. The Bertz CT molecular complexity index is 1120. The molecule has 0 aliphatic heterocycles. The van der Waals surface area contributed by atoms with Crippen molar-refractivity contribution in [2.45, 2.75) is 0 Å². The summed E-state index contributed by atoms with van der Waals surface area (Å²) in [5, 5.41) is 41.4. The Hall–Kier alpha value is -3.94. The van der Waals surface area contributed by atoms with Gasteiger partial charge >= 0.3 is 7.12 Å². The number of aromatic hydroxyl groups is 1. The largest absolute Gasteiger partial charge is 0.507 e. The molecule has 3 aromatic rings. The Morgan fingerprint density at radius 1 is 1.21 bits per heavy atom. The van der Waals surface area contributed by atoms with Gasteiger partial charge in [0.15, 0.2) is 0 Å². The van der Waals surface area contributed by atoms with Crippen LogP contribution in [0.5, 0.6) is 5.75 Å². The van der Waals surface area contributed by atoms with Crippen molar-refractivity contribution in [3.05, 3.63) is 70.0 Å². The van der Waals surface area contributed by atoms with Crippen LogP contribution in [0.1, 0.15) is 11.1 Å². The van der Waals surface area contributed by atoms with Crippen molar-refractivity contribution >= 4 is 24.7 Å². The number of anilines is 1. The standard InChI is InChI=1S/C18H14BN5O4/c20-9-14-16(11-4-2-1-3-5-11)22-18(23-17(14)26)24-21-10-12-8-13(19(27)28)6-7-15(12)25/h1-8,10,25,27-28H,(H2,22,23,24,26). The molecule has 5 N–H and O–H groups in total. The van der Waals surface area contributed by atoms with Gasteiger partial charge in [0, 0.05) is 11.1 Å². The molecule has 0 aliphatic carbocycles. The van der Waals surface area contributed by atoms with E-state index in [-0.39, 0.29) is 34.0 Å². The van der Waals surface area contributed by atoms with E-state index in [2.05, 4.69) is 20.5 Å². The van der Waals surface area contributed by atoms with E-state index in [4.69, 9.17) is 0 Å². The van der Waals surface area contributed by atoms with E-state index in [1.807, 2.05) is 6.07 Å². The van der Waals surface area contributed by atoms with Gasteiger partial charge < -0.3 is 15.2 Å². The minimum absolute atomic E-state index is 0.00283. The van der Waals surface area contributed by atoms with Crippen molar-refractivity contribution < 1.29 is 15.2 Å². The highest BCUT2D eigenvalue weighted by atomic mass is 16.4. The number of hydrogen-bond acceptors (Lipinski definition) is 8. The molecule has 0 fully saturated rings. The molecule has 0 radical (unpaired) electrons. The van der Waals surface area contributed by atoms with Crippen LogP contribution < -0.4 is 16.4 Å². The number of nitrogens with one attached hydrogen (secondary N) is 2. The molecular weight excluding hydrogens is 361 g/mol. The van der Waals surface area contributed by atoms with Gasteiger partial charge in [0.2, 0.25) is 5.95 Å². The van der Waals surface area contributed by atoms with Crippen molar-refractivity contribution in [3.8, 4) is 23.1 Å². The van der Waals surface area contributed by atoms with E-state index in [9.17, 15) is 25.2 Å². The van der Waals surface area contributed by atoms with Crippen LogP contribution in [-0.4, -0.2) is 38.5 Å². The predicted molar refractivity (Wildman–Crippen MR) is 104 cm³/mol. The number of benzene rings is 2. The van der Waals surface area contributed by atoms with Gasteiger partial charge in [0.25, 0.3) is 5.56 Å². The second kappa shape index (κ2) is 8.17. The zero-order valence-electron chi connectivity index (χ0n) is 14.4. The average molecular weight is 375 g/mol. The Morgan fingerprint density at radius 3 is 2.64 bits per heavy atom. The van der Waals surface area contributed by atoms with Gasteiger partial charge in [-0.3, -0.25) is 9.78 Å². The van der Waals surface area contributed by atoms with Crippen molar-refractivity contribution in [2.75, 3.05) is 5.43 Å². The monoisotopic (exact) mass is 375 g/mol. The van der Waals surface area contributed by atoms with Crippen LogP contribution in [0.4, 0.5) is 5.95 Å². The summed E-state index contributed by atoms with van der Waals surface area (Å²) in [5.41, 5.74) is 2.98. The fourth-order valence-corrected chi connectivity index (χ4v) is 2.43. The summed E-state index contributed by atoms with van der Waals surface area (Å²) < 4.78 is 0. The van der Waals surface area contributed by atoms with E-state index >= 15 is 0 Å². The first-order valence-electron chi connectivity index (χ1n) is 8.07. The maximum Gasteiger partial charge on any atom is 0.488 e. The molecule has 0 saturated carbocycles. The van der Waals surface area contributed by atoms with Crippen molar-refractivity contribution in [2.24, 2.45) is 5.10 Å². The van der Waals surface area contributed by atoms with Crippen LogP contribution in [0.15, 0.2) is 58.4 Å². The van der Waals surface area contributed by atoms with Gasteiger partial charge in [0.1, 0.15) is 17.4 Å². The molecule has 0 aliphatic rings. The first-order valence-corrected chi connectivity index (χ1v) is 8.07. The van der Waals surface area contributed by atoms with E-state index in [1.54, 1.807) is 30.3 Å². The molecular formula is C18H14BN5O4. The quantitative estimate of drug-likeness (QED) is 0.241. The fourth-order valence-electron chi connectivity index (χ4n) is 2.43. The number of aromatic nitrogens is 2. The zero-order valence-corrected chi connectivity index (χ0v) is 14.4. The van der Waals surface area contributed by atoms with Crippen LogP contribution in [0.25, 0.3) is 11.3 Å². The maximum absolute atomic E-state index is 12.2. The molecule has 1 heterocycles. The topological polar surface area (TPSA) is 155 Å². The van der Waals surface area contributed by atoms with E-state index in [0.29, 0.717) is 5.56 Å². The molecule has 0 bridgehead atoms. The zero-order chi connectivity index (χ0) is 20.1. The average Bonchev–Trinajstić information content (AvgIpc) is 2.69. The summed E-state index contributed by atoms with van der Waals surface area (Å²) >= 11 is 0. The van der Waals surface area contributed by atoms with E-state index < -0.39 is 12.7 Å². The van der Waals surface area contributed by atoms with Crippen LogP contribution in [0.2, 0.25) is 0 Å². The number of rotatable bonds is 5. The van der Waals surface area contributed by atoms with Gasteiger partial charge in [-0.25, -0.2) is 10.4 Å². The second-order valence-corrected chi connectivity index (χ2v) is 5.68. The molecule has 3 rings (SSSR count). The van der Waals surface area contributed by atoms with Crippen LogP contribution in [0.3, 0.4) is 0 Å². The lowest BCUT2D eigenvalue weighted by molar-refractivity contribution is 0.425. The Balaban J connectivity index is 1.91. The third-order valence-electron chi connectivity index (χ3n) is 3.80. The smallest absolute Gasteiger partial charge is 0.488 e. The fraction of sp³-hybridized carbons (Fsp3) is 0. The van der Waals surface area contributed by atoms with Crippen molar-refractivity contribution in [1.82, 2.24) is 9.97 Å². The number of nitriles is 1. The lowest BCUT2D eigenvalue weighted by Crippen LogP contribution is -2.29. The number of hydrazone groups is 1. The SMILES string of the molecule is N#Cc1c(-c2ccccc2)nc(NN=Cc2cc(B(O)O)ccc2O)[nH]c1=O. The van der Waals surface area contributed by atoms with E-state index in [0.717, 1.165) is 0 Å². The number of aromatic amines is 1. The normalized spacial score (nSPS) is 10.6. The summed E-state index contributed by atoms with van der Waals surface area (Å²) in [6, 6.07) is 14.6. The Labute approximate surface area is 159 Å².